The second kappa shape index (κ2) is 3.96. The lowest BCUT2D eigenvalue weighted by Crippen LogP contribution is -2.04. The molecule has 0 aromatic heterocycles. The fourth-order valence-corrected chi connectivity index (χ4v) is 1.39. The van der Waals surface area contributed by atoms with E-state index < -0.39 is 0 Å². The minimum Gasteiger partial charge on any atom is -0.398 e. The van der Waals surface area contributed by atoms with Gasteiger partial charge in [0.1, 0.15) is 0 Å². The third-order valence-corrected chi connectivity index (χ3v) is 2.17. The molecule has 15 heavy (non-hydrogen) atoms. The average Bonchev–Trinajstić information content (AvgIpc) is 2.30. The van der Waals surface area contributed by atoms with Gasteiger partial charge in [0.05, 0.1) is 0 Å². The van der Waals surface area contributed by atoms with Crippen LogP contribution in [0.25, 0.3) is 0 Å². The zero-order chi connectivity index (χ0) is 10.7. The Balaban J connectivity index is 2.42. The van der Waals surface area contributed by atoms with E-state index in [1.165, 1.54) is 0 Å². The third-order valence-electron chi connectivity index (χ3n) is 2.17. The van der Waals surface area contributed by atoms with Gasteiger partial charge in [0.15, 0.2) is 5.78 Å². The van der Waals surface area contributed by atoms with Crippen molar-refractivity contribution in [1.82, 2.24) is 0 Å². The van der Waals surface area contributed by atoms with Gasteiger partial charge in [-0.05, 0) is 24.3 Å². The van der Waals surface area contributed by atoms with Gasteiger partial charge >= 0.3 is 0 Å². The number of nitrogen functional groups attached to an aromatic ring is 1. The maximum atomic E-state index is 12.0. The molecule has 2 rings (SSSR count). The second-order valence-electron chi connectivity index (χ2n) is 3.21. The molecular weight excluding hydrogens is 186 g/mol. The van der Waals surface area contributed by atoms with Crippen LogP contribution >= 0.6 is 0 Å². The van der Waals surface area contributed by atoms with Crippen LogP contribution in [0.3, 0.4) is 0 Å². The molecule has 0 saturated heterocycles. The van der Waals surface area contributed by atoms with Crippen molar-refractivity contribution in [2.24, 2.45) is 0 Å². The molecule has 2 heteroatoms. The molecule has 0 unspecified atom stereocenters. The fraction of sp³-hybridized carbons (Fsp3) is 0. The summed E-state index contributed by atoms with van der Waals surface area (Å²) in [6, 6.07) is 16.9. The number of hydrogen-bond acceptors (Lipinski definition) is 2. The molecule has 2 nitrogen and oxygen atoms in total. The summed E-state index contributed by atoms with van der Waals surface area (Å²) < 4.78 is 0. The van der Waals surface area contributed by atoms with E-state index in [4.69, 9.17) is 5.73 Å². The quantitative estimate of drug-likeness (QED) is 0.591. The fourth-order valence-electron chi connectivity index (χ4n) is 1.39. The highest BCUT2D eigenvalue weighted by atomic mass is 16.1. The van der Waals surface area contributed by atoms with Gasteiger partial charge in [-0.2, -0.15) is 0 Å². The number of ketones is 1. The summed E-state index contributed by atoms with van der Waals surface area (Å²) in [6.45, 7) is 0. The summed E-state index contributed by atoms with van der Waals surface area (Å²) in [4.78, 5) is 12.0. The van der Waals surface area contributed by atoms with E-state index in [-0.39, 0.29) is 5.78 Å². The number of rotatable bonds is 2. The second-order valence-corrected chi connectivity index (χ2v) is 3.21. The van der Waals surface area contributed by atoms with Gasteiger partial charge in [0, 0.05) is 16.8 Å². The summed E-state index contributed by atoms with van der Waals surface area (Å²) in [5, 5.41) is 0. The predicted molar refractivity (Wildman–Crippen MR) is 59.6 cm³/mol. The van der Waals surface area contributed by atoms with E-state index >= 15 is 0 Å². The predicted octanol–water partition coefficient (Wildman–Crippen LogP) is 2.30. The van der Waals surface area contributed by atoms with E-state index in [1.807, 2.05) is 6.07 Å². The molecule has 0 amide bonds. The van der Waals surface area contributed by atoms with Gasteiger partial charge in [0.25, 0.3) is 0 Å². The van der Waals surface area contributed by atoms with Gasteiger partial charge < -0.3 is 5.73 Å². The largest absolute Gasteiger partial charge is 0.398 e. The van der Waals surface area contributed by atoms with Crippen molar-refractivity contribution in [2.75, 3.05) is 5.73 Å². The molecule has 0 spiro atoms. The van der Waals surface area contributed by atoms with Gasteiger partial charge in [0.2, 0.25) is 0 Å². The Morgan fingerprint density at radius 3 is 2.60 bits per heavy atom. The monoisotopic (exact) mass is 196 g/mol. The van der Waals surface area contributed by atoms with E-state index in [1.54, 1.807) is 42.5 Å². The van der Waals surface area contributed by atoms with Crippen molar-refractivity contribution < 1.29 is 4.79 Å². The van der Waals surface area contributed by atoms with Crippen LogP contribution in [0.5, 0.6) is 0 Å². The van der Waals surface area contributed by atoms with Crippen molar-refractivity contribution in [2.45, 2.75) is 0 Å². The van der Waals surface area contributed by atoms with E-state index in [2.05, 4.69) is 6.07 Å². The summed E-state index contributed by atoms with van der Waals surface area (Å²) >= 11 is 0. The number of hydrogen-bond donors (Lipinski definition) is 1. The molecule has 0 atom stereocenters. The number of benzene rings is 2. The topological polar surface area (TPSA) is 43.1 Å². The van der Waals surface area contributed by atoms with Crippen molar-refractivity contribution >= 4 is 11.5 Å². The smallest absolute Gasteiger partial charge is 0.195 e. The van der Waals surface area contributed by atoms with E-state index in [0.717, 1.165) is 0 Å². The highest BCUT2D eigenvalue weighted by Crippen LogP contribution is 2.15. The van der Waals surface area contributed by atoms with Crippen LogP contribution in [0.2, 0.25) is 0 Å². The molecule has 0 heterocycles. The lowest BCUT2D eigenvalue weighted by molar-refractivity contribution is 0.103. The molecule has 2 aromatic rings. The van der Waals surface area contributed by atoms with E-state index in [9.17, 15) is 4.79 Å². The molecular formula is C13H10NO. The first-order valence-corrected chi connectivity index (χ1v) is 4.64. The molecule has 0 aliphatic carbocycles. The first-order valence-electron chi connectivity index (χ1n) is 4.64. The zero-order valence-electron chi connectivity index (χ0n) is 8.10. The standard InChI is InChI=1S/C13H10NO/c14-12-9-5-4-8-11(12)13(15)10-6-2-1-3-7-10/h1-2,4-9H,14H2. The summed E-state index contributed by atoms with van der Waals surface area (Å²) in [5.74, 6) is -0.0649. The zero-order valence-corrected chi connectivity index (χ0v) is 8.10. The first kappa shape index (κ1) is 9.46. The van der Waals surface area contributed by atoms with Crippen LogP contribution in [0, 0.1) is 6.07 Å². The average molecular weight is 196 g/mol. The van der Waals surface area contributed by atoms with Crippen LogP contribution < -0.4 is 5.73 Å². The molecule has 0 fully saturated rings. The normalized spacial score (nSPS) is 9.87. The SMILES string of the molecule is Nc1ccccc1C(=O)c1c[c]ccc1. The van der Waals surface area contributed by atoms with Gasteiger partial charge in [-0.15, -0.1) is 0 Å². The van der Waals surface area contributed by atoms with Crippen molar-refractivity contribution in [3.05, 3.63) is 65.7 Å². The highest BCUT2D eigenvalue weighted by molar-refractivity contribution is 6.11. The summed E-state index contributed by atoms with van der Waals surface area (Å²) in [6.07, 6.45) is 0. The van der Waals surface area contributed by atoms with Crippen molar-refractivity contribution in [3.63, 3.8) is 0 Å². The molecule has 0 bridgehead atoms. The van der Waals surface area contributed by atoms with Crippen molar-refractivity contribution in [3.8, 4) is 0 Å². The Labute approximate surface area is 88.4 Å². The summed E-state index contributed by atoms with van der Waals surface area (Å²) in [5.41, 5.74) is 7.38. The summed E-state index contributed by atoms with van der Waals surface area (Å²) in [7, 11) is 0. The molecule has 1 radical (unpaired) electrons. The molecule has 0 aliphatic heterocycles. The van der Waals surface area contributed by atoms with Gasteiger partial charge in [-0.3, -0.25) is 4.79 Å². The Bertz CT molecular complexity index is 477. The van der Waals surface area contributed by atoms with Crippen LogP contribution in [0.1, 0.15) is 15.9 Å². The third kappa shape index (κ3) is 1.89. The Morgan fingerprint density at radius 1 is 1.13 bits per heavy atom. The lowest BCUT2D eigenvalue weighted by atomic mass is 10.0. The number of nitrogens with two attached hydrogens (primary N) is 1. The van der Waals surface area contributed by atoms with E-state index in [0.29, 0.717) is 16.8 Å². The molecule has 2 N–H and O–H groups in total. The van der Waals surface area contributed by atoms with Crippen LogP contribution in [0.15, 0.2) is 48.5 Å². The number of carbonyl (C=O) groups is 1. The maximum absolute atomic E-state index is 12.0. The Morgan fingerprint density at radius 2 is 1.93 bits per heavy atom. The highest BCUT2D eigenvalue weighted by Gasteiger charge is 2.10. The van der Waals surface area contributed by atoms with Gasteiger partial charge in [-0.1, -0.05) is 30.3 Å². The Hall–Kier alpha value is -2.09. The molecule has 0 saturated carbocycles. The van der Waals surface area contributed by atoms with Crippen molar-refractivity contribution in [1.29, 1.82) is 0 Å². The Kier molecular flexibility index (Phi) is 2.50. The minimum atomic E-state index is -0.0649. The number of carbonyl (C=O) groups excluding carboxylic acids is 1. The van der Waals surface area contributed by atoms with Crippen LogP contribution in [-0.4, -0.2) is 5.78 Å². The van der Waals surface area contributed by atoms with Crippen LogP contribution in [0.4, 0.5) is 5.69 Å². The maximum Gasteiger partial charge on any atom is 0.195 e. The number of anilines is 1. The van der Waals surface area contributed by atoms with Gasteiger partial charge in [-0.25, -0.2) is 0 Å². The lowest BCUT2D eigenvalue weighted by Gasteiger charge is -2.03. The molecule has 0 aliphatic rings. The number of para-hydroxylation sites is 1. The minimum absolute atomic E-state index is 0.0649. The molecule has 2 aromatic carbocycles. The van der Waals surface area contributed by atoms with Crippen LogP contribution in [-0.2, 0) is 0 Å². The molecule has 73 valence electrons. The first-order chi connectivity index (χ1) is 7.29.